The highest BCUT2D eigenvalue weighted by Gasteiger charge is 2.25. The van der Waals surface area contributed by atoms with Crippen molar-refractivity contribution in [2.45, 2.75) is 32.9 Å². The molecule has 2 unspecified atom stereocenters. The van der Waals surface area contributed by atoms with Gasteiger partial charge in [0.1, 0.15) is 24.2 Å². The summed E-state index contributed by atoms with van der Waals surface area (Å²) in [6.07, 6.45) is 0.721. The molecule has 7 heteroatoms. The molecule has 0 spiro atoms. The van der Waals surface area contributed by atoms with Gasteiger partial charge in [-0.15, -0.1) is 0 Å². The van der Waals surface area contributed by atoms with Crippen molar-refractivity contribution in [3.05, 3.63) is 52.4 Å². The molecule has 6 nitrogen and oxygen atoms in total. The van der Waals surface area contributed by atoms with E-state index in [2.05, 4.69) is 21.2 Å². The largest absolute Gasteiger partial charge is 0.486 e. The lowest BCUT2D eigenvalue weighted by Gasteiger charge is -2.20. The molecule has 0 saturated carbocycles. The third-order valence-corrected chi connectivity index (χ3v) is 4.41. The van der Waals surface area contributed by atoms with Gasteiger partial charge in [-0.1, -0.05) is 36.2 Å². The van der Waals surface area contributed by atoms with E-state index in [0.29, 0.717) is 11.5 Å². The van der Waals surface area contributed by atoms with Crippen LogP contribution in [0.25, 0.3) is 0 Å². The number of ether oxygens (including phenoxy) is 1. The van der Waals surface area contributed by atoms with Crippen molar-refractivity contribution in [1.29, 1.82) is 0 Å². The summed E-state index contributed by atoms with van der Waals surface area (Å²) >= 11 is 3.35. The Kier molecular flexibility index (Phi) is 6.64. The van der Waals surface area contributed by atoms with Crippen LogP contribution >= 0.6 is 15.9 Å². The summed E-state index contributed by atoms with van der Waals surface area (Å²) in [5, 5.41) is 2.62. The second-order valence-corrected chi connectivity index (χ2v) is 6.66. The van der Waals surface area contributed by atoms with E-state index >= 15 is 0 Å². The summed E-state index contributed by atoms with van der Waals surface area (Å²) in [4.78, 5) is 23.8. The van der Waals surface area contributed by atoms with Gasteiger partial charge in [0.15, 0.2) is 5.76 Å². The third-order valence-electron chi connectivity index (χ3n) is 3.89. The van der Waals surface area contributed by atoms with E-state index in [-0.39, 0.29) is 18.3 Å². The molecule has 0 aliphatic heterocycles. The van der Waals surface area contributed by atoms with Crippen LogP contribution < -0.4 is 15.8 Å². The van der Waals surface area contributed by atoms with Gasteiger partial charge >= 0.3 is 0 Å². The highest BCUT2D eigenvalue weighted by atomic mass is 79.9. The summed E-state index contributed by atoms with van der Waals surface area (Å²) in [5.41, 5.74) is 5.36. The van der Waals surface area contributed by atoms with E-state index in [1.165, 1.54) is 0 Å². The minimum absolute atomic E-state index is 0.0587. The lowest BCUT2D eigenvalue weighted by atomic mass is 9.98. The topological polar surface area (TPSA) is 94.6 Å². The first-order valence-electron chi connectivity index (χ1n) is 7.98. The Labute approximate surface area is 154 Å². The van der Waals surface area contributed by atoms with Gasteiger partial charge in [0, 0.05) is 4.47 Å². The lowest BCUT2D eigenvalue weighted by molar-refractivity contribution is -0.120. The van der Waals surface area contributed by atoms with Crippen LogP contribution in [0.1, 0.15) is 36.6 Å². The second-order valence-electron chi connectivity index (χ2n) is 5.75. The molecule has 2 aromatic rings. The molecular formula is C18H21BrN2O4. The summed E-state index contributed by atoms with van der Waals surface area (Å²) in [6.45, 7) is 3.98. The summed E-state index contributed by atoms with van der Waals surface area (Å²) in [5.74, 6) is 0.219. The van der Waals surface area contributed by atoms with E-state index < -0.39 is 17.9 Å². The quantitative estimate of drug-likeness (QED) is 0.700. The zero-order valence-electron chi connectivity index (χ0n) is 14.1. The number of rotatable bonds is 8. The minimum Gasteiger partial charge on any atom is -0.486 e. The Balaban J connectivity index is 1.96. The molecule has 134 valence electrons. The van der Waals surface area contributed by atoms with Crippen LogP contribution in [0.15, 0.2) is 45.3 Å². The maximum Gasteiger partial charge on any atom is 0.287 e. The molecule has 3 N–H and O–H groups in total. The number of hydrogen-bond acceptors (Lipinski definition) is 4. The van der Waals surface area contributed by atoms with Crippen molar-refractivity contribution >= 4 is 27.7 Å². The van der Waals surface area contributed by atoms with Gasteiger partial charge in [-0.2, -0.15) is 0 Å². The summed E-state index contributed by atoms with van der Waals surface area (Å²) in [7, 11) is 0. The SMILES string of the molecule is CCC(C)C(NC(=O)c1ccc(COc2ccc(Br)cc2)o1)C(N)=O. The minimum atomic E-state index is -0.731. The number of hydrogen-bond donors (Lipinski definition) is 2. The summed E-state index contributed by atoms with van der Waals surface area (Å²) < 4.78 is 12.0. The average Bonchev–Trinajstić information content (AvgIpc) is 3.07. The van der Waals surface area contributed by atoms with Crippen molar-refractivity contribution in [2.24, 2.45) is 11.7 Å². The van der Waals surface area contributed by atoms with Gasteiger partial charge in [-0.05, 0) is 42.3 Å². The zero-order valence-corrected chi connectivity index (χ0v) is 15.7. The molecular weight excluding hydrogens is 388 g/mol. The van der Waals surface area contributed by atoms with Crippen LogP contribution in [0.2, 0.25) is 0 Å². The average molecular weight is 409 g/mol. The standard InChI is InChI=1S/C18H21BrN2O4/c1-3-11(2)16(17(20)22)21-18(23)15-9-8-14(25-15)10-24-13-6-4-12(19)5-7-13/h4-9,11,16H,3,10H2,1-2H3,(H2,20,22)(H,21,23). The predicted molar refractivity (Wildman–Crippen MR) is 97.1 cm³/mol. The third kappa shape index (κ3) is 5.35. The molecule has 2 amide bonds. The van der Waals surface area contributed by atoms with Gasteiger partial charge in [-0.25, -0.2) is 0 Å². The van der Waals surface area contributed by atoms with E-state index in [0.717, 1.165) is 10.9 Å². The first-order valence-corrected chi connectivity index (χ1v) is 8.77. The molecule has 0 fully saturated rings. The highest BCUT2D eigenvalue weighted by Crippen LogP contribution is 2.18. The van der Waals surface area contributed by atoms with Crippen molar-refractivity contribution in [3.8, 4) is 5.75 Å². The van der Waals surface area contributed by atoms with E-state index in [1.807, 2.05) is 38.1 Å². The number of nitrogens with two attached hydrogens (primary N) is 1. The molecule has 25 heavy (non-hydrogen) atoms. The first kappa shape index (κ1) is 19.1. The predicted octanol–water partition coefficient (Wildman–Crippen LogP) is 3.25. The Morgan fingerprint density at radius 3 is 2.52 bits per heavy atom. The van der Waals surface area contributed by atoms with Gasteiger partial charge in [0.05, 0.1) is 0 Å². The lowest BCUT2D eigenvalue weighted by Crippen LogP contribution is -2.48. The molecule has 0 aliphatic carbocycles. The van der Waals surface area contributed by atoms with E-state index in [1.54, 1.807) is 12.1 Å². The molecule has 1 heterocycles. The fourth-order valence-corrected chi connectivity index (χ4v) is 2.47. The van der Waals surface area contributed by atoms with Gasteiger partial charge < -0.3 is 20.2 Å². The van der Waals surface area contributed by atoms with Crippen molar-refractivity contribution in [1.82, 2.24) is 5.32 Å². The van der Waals surface area contributed by atoms with Gasteiger partial charge in [0.2, 0.25) is 5.91 Å². The van der Waals surface area contributed by atoms with Crippen molar-refractivity contribution < 1.29 is 18.7 Å². The first-order chi connectivity index (χ1) is 11.9. The summed E-state index contributed by atoms with van der Waals surface area (Å²) in [6, 6.07) is 9.87. The highest BCUT2D eigenvalue weighted by molar-refractivity contribution is 9.10. The van der Waals surface area contributed by atoms with Crippen LogP contribution in [0.5, 0.6) is 5.75 Å². The zero-order chi connectivity index (χ0) is 18.4. The Morgan fingerprint density at radius 2 is 1.92 bits per heavy atom. The molecule has 1 aromatic heterocycles. The fraction of sp³-hybridized carbons (Fsp3) is 0.333. The van der Waals surface area contributed by atoms with E-state index in [4.69, 9.17) is 14.9 Å². The number of furan rings is 1. The number of nitrogens with one attached hydrogen (secondary N) is 1. The van der Waals surface area contributed by atoms with Gasteiger partial charge in [0.25, 0.3) is 5.91 Å². The number of primary amides is 1. The van der Waals surface area contributed by atoms with Crippen LogP contribution in [-0.4, -0.2) is 17.9 Å². The molecule has 0 bridgehead atoms. The van der Waals surface area contributed by atoms with Crippen molar-refractivity contribution in [2.75, 3.05) is 0 Å². The van der Waals surface area contributed by atoms with Crippen molar-refractivity contribution in [3.63, 3.8) is 0 Å². The molecule has 1 aromatic carbocycles. The molecule has 0 aliphatic rings. The fourth-order valence-electron chi connectivity index (χ4n) is 2.20. The normalized spacial score (nSPS) is 13.1. The maximum absolute atomic E-state index is 12.2. The van der Waals surface area contributed by atoms with Crippen LogP contribution in [0, 0.1) is 5.92 Å². The second kappa shape index (κ2) is 8.71. The Bertz CT molecular complexity index is 727. The van der Waals surface area contributed by atoms with Crippen LogP contribution in [-0.2, 0) is 11.4 Å². The van der Waals surface area contributed by atoms with Crippen LogP contribution in [0.4, 0.5) is 0 Å². The molecule has 2 rings (SSSR count). The number of amides is 2. The molecule has 0 saturated heterocycles. The monoisotopic (exact) mass is 408 g/mol. The number of carbonyl (C=O) groups is 2. The van der Waals surface area contributed by atoms with E-state index in [9.17, 15) is 9.59 Å². The maximum atomic E-state index is 12.2. The number of benzene rings is 1. The Morgan fingerprint density at radius 1 is 1.24 bits per heavy atom. The van der Waals surface area contributed by atoms with Crippen LogP contribution in [0.3, 0.4) is 0 Å². The number of halogens is 1. The van der Waals surface area contributed by atoms with Gasteiger partial charge in [-0.3, -0.25) is 9.59 Å². The smallest absolute Gasteiger partial charge is 0.287 e. The molecule has 0 radical (unpaired) electrons. The molecule has 2 atom stereocenters. The Hall–Kier alpha value is -2.28. The number of carbonyl (C=O) groups excluding carboxylic acids is 2.